The fraction of sp³-hybridized carbons (Fsp3) is 0.222. The molecule has 0 radical (unpaired) electrons. The van der Waals surface area contributed by atoms with Crippen LogP contribution in [0.3, 0.4) is 0 Å². The van der Waals surface area contributed by atoms with Crippen LogP contribution in [0.5, 0.6) is 0 Å². The van der Waals surface area contributed by atoms with Gasteiger partial charge < -0.3 is 20.4 Å². The van der Waals surface area contributed by atoms with E-state index in [-0.39, 0.29) is 5.91 Å². The number of nitrogens with one attached hydrogen (secondary N) is 3. The largest absolute Gasteiger partial charge is 0.464 e. The van der Waals surface area contributed by atoms with Crippen molar-refractivity contribution in [1.82, 2.24) is 10.6 Å². The molecule has 2 heterocycles. The van der Waals surface area contributed by atoms with Crippen molar-refractivity contribution in [2.75, 3.05) is 5.32 Å². The van der Waals surface area contributed by atoms with E-state index in [1.165, 1.54) is 0 Å². The number of carbonyl (C=O) groups excluding carboxylic acids is 1. The zero-order valence-electron chi connectivity index (χ0n) is 13.8. The van der Waals surface area contributed by atoms with Gasteiger partial charge in [0, 0.05) is 11.4 Å². The lowest BCUT2D eigenvalue weighted by molar-refractivity contribution is -0.113. The maximum absolute atomic E-state index is 12.9. The molecule has 0 fully saturated rings. The number of benzene rings is 1. The number of thiocarbonyl (C=S) groups is 1. The van der Waals surface area contributed by atoms with Gasteiger partial charge in [-0.1, -0.05) is 18.2 Å². The van der Waals surface area contributed by atoms with Crippen LogP contribution in [0, 0.1) is 13.8 Å². The fourth-order valence-corrected chi connectivity index (χ4v) is 2.99. The van der Waals surface area contributed by atoms with Crippen LogP contribution in [0.4, 0.5) is 5.69 Å². The first-order chi connectivity index (χ1) is 11.5. The van der Waals surface area contributed by atoms with E-state index >= 15 is 0 Å². The SMILES string of the molecule is CC1=C(C(=O)Nc2ccccc2C)[C@H](c2ccc(C)o2)NC(=S)N1. The molecule has 1 aromatic heterocycles. The summed E-state index contributed by atoms with van der Waals surface area (Å²) in [5.74, 6) is 1.25. The number of furan rings is 1. The highest BCUT2D eigenvalue weighted by molar-refractivity contribution is 7.80. The number of rotatable bonds is 3. The highest BCUT2D eigenvalue weighted by Gasteiger charge is 2.32. The van der Waals surface area contributed by atoms with Crippen molar-refractivity contribution in [3.8, 4) is 0 Å². The molecule has 0 saturated heterocycles. The Morgan fingerprint density at radius 3 is 2.58 bits per heavy atom. The van der Waals surface area contributed by atoms with E-state index in [9.17, 15) is 4.79 Å². The Balaban J connectivity index is 1.95. The van der Waals surface area contributed by atoms with E-state index < -0.39 is 6.04 Å². The van der Waals surface area contributed by atoms with Gasteiger partial charge in [0.05, 0.1) is 5.57 Å². The zero-order chi connectivity index (χ0) is 17.3. The third-order valence-electron chi connectivity index (χ3n) is 3.95. The molecule has 1 atom stereocenters. The van der Waals surface area contributed by atoms with Gasteiger partial charge in [0.1, 0.15) is 17.6 Å². The number of carbonyl (C=O) groups is 1. The fourth-order valence-electron chi connectivity index (χ4n) is 2.72. The van der Waals surface area contributed by atoms with Crippen molar-refractivity contribution in [1.29, 1.82) is 0 Å². The Kier molecular flexibility index (Phi) is 4.40. The molecular formula is C18H19N3O2S. The van der Waals surface area contributed by atoms with Crippen molar-refractivity contribution >= 4 is 28.9 Å². The molecule has 0 aliphatic carbocycles. The van der Waals surface area contributed by atoms with Gasteiger partial charge in [-0.15, -0.1) is 0 Å². The molecule has 24 heavy (non-hydrogen) atoms. The lowest BCUT2D eigenvalue weighted by atomic mass is 9.99. The second-order valence-electron chi connectivity index (χ2n) is 5.79. The van der Waals surface area contributed by atoms with Gasteiger partial charge in [-0.2, -0.15) is 0 Å². The third-order valence-corrected chi connectivity index (χ3v) is 4.17. The lowest BCUT2D eigenvalue weighted by Gasteiger charge is -2.29. The summed E-state index contributed by atoms with van der Waals surface area (Å²) in [6.45, 7) is 5.66. The van der Waals surface area contributed by atoms with E-state index in [1.54, 1.807) is 0 Å². The van der Waals surface area contributed by atoms with Crippen molar-refractivity contribution in [2.24, 2.45) is 0 Å². The van der Waals surface area contributed by atoms with Crippen molar-refractivity contribution < 1.29 is 9.21 Å². The Morgan fingerprint density at radius 1 is 1.17 bits per heavy atom. The first-order valence-electron chi connectivity index (χ1n) is 7.67. The number of anilines is 1. The van der Waals surface area contributed by atoms with Crippen LogP contribution in [0.25, 0.3) is 0 Å². The lowest BCUT2D eigenvalue weighted by Crippen LogP contribution is -2.45. The van der Waals surface area contributed by atoms with Gasteiger partial charge in [0.25, 0.3) is 5.91 Å². The summed E-state index contributed by atoms with van der Waals surface area (Å²) in [5.41, 5.74) is 3.05. The van der Waals surface area contributed by atoms with Crippen LogP contribution in [0.15, 0.2) is 52.1 Å². The Morgan fingerprint density at radius 2 is 1.92 bits per heavy atom. The van der Waals surface area contributed by atoms with Gasteiger partial charge in [-0.3, -0.25) is 4.79 Å². The molecule has 5 nitrogen and oxygen atoms in total. The summed E-state index contributed by atoms with van der Waals surface area (Å²) < 4.78 is 5.71. The Labute approximate surface area is 146 Å². The molecule has 3 N–H and O–H groups in total. The van der Waals surface area contributed by atoms with E-state index in [0.717, 1.165) is 17.0 Å². The molecular weight excluding hydrogens is 322 g/mol. The van der Waals surface area contributed by atoms with E-state index in [1.807, 2.05) is 57.2 Å². The van der Waals surface area contributed by atoms with Crippen LogP contribution in [-0.4, -0.2) is 11.0 Å². The number of amides is 1. The number of aryl methyl sites for hydroxylation is 2. The quantitative estimate of drug-likeness (QED) is 0.747. The van der Waals surface area contributed by atoms with Crippen molar-refractivity contribution in [3.63, 3.8) is 0 Å². The second-order valence-corrected chi connectivity index (χ2v) is 6.20. The minimum atomic E-state index is -0.420. The normalized spacial score (nSPS) is 17.3. The maximum atomic E-state index is 12.9. The minimum absolute atomic E-state index is 0.191. The summed E-state index contributed by atoms with van der Waals surface area (Å²) in [6, 6.07) is 11.0. The monoisotopic (exact) mass is 341 g/mol. The number of hydrogen-bond donors (Lipinski definition) is 3. The summed E-state index contributed by atoms with van der Waals surface area (Å²) in [7, 11) is 0. The molecule has 1 amide bonds. The molecule has 0 unspecified atom stereocenters. The molecule has 1 aromatic carbocycles. The average Bonchev–Trinajstić information content (AvgIpc) is 2.95. The number of para-hydroxylation sites is 1. The van der Waals surface area contributed by atoms with E-state index in [4.69, 9.17) is 16.6 Å². The van der Waals surface area contributed by atoms with Gasteiger partial charge in [0.2, 0.25) is 0 Å². The Hall–Kier alpha value is -2.60. The van der Waals surface area contributed by atoms with Crippen LogP contribution in [0.2, 0.25) is 0 Å². The molecule has 3 rings (SSSR count). The molecule has 0 saturated carbocycles. The first-order valence-corrected chi connectivity index (χ1v) is 8.08. The van der Waals surface area contributed by atoms with Crippen LogP contribution >= 0.6 is 12.2 Å². The van der Waals surface area contributed by atoms with E-state index in [2.05, 4.69) is 16.0 Å². The van der Waals surface area contributed by atoms with Gasteiger partial charge in [-0.05, 0) is 56.8 Å². The first kappa shape index (κ1) is 16.3. The third kappa shape index (κ3) is 3.19. The topological polar surface area (TPSA) is 66.3 Å². The standard InChI is InChI=1S/C18H19N3O2S/c1-10-6-4-5-7-13(10)20-17(22)15-12(3)19-18(24)21-16(15)14-9-8-11(2)23-14/h4-9,16H,1-3H3,(H,20,22)(H2,19,21,24)/t16-/m0/s1. The van der Waals surface area contributed by atoms with Crippen molar-refractivity contribution in [2.45, 2.75) is 26.8 Å². The minimum Gasteiger partial charge on any atom is -0.464 e. The predicted molar refractivity (Wildman–Crippen MR) is 97.6 cm³/mol. The molecule has 1 aliphatic heterocycles. The van der Waals surface area contributed by atoms with Gasteiger partial charge in [-0.25, -0.2) is 0 Å². The molecule has 0 bridgehead atoms. The highest BCUT2D eigenvalue weighted by atomic mass is 32.1. The zero-order valence-corrected chi connectivity index (χ0v) is 14.6. The van der Waals surface area contributed by atoms with Gasteiger partial charge in [0.15, 0.2) is 5.11 Å². The van der Waals surface area contributed by atoms with Crippen LogP contribution in [-0.2, 0) is 4.79 Å². The number of allylic oxidation sites excluding steroid dienone is 1. The average molecular weight is 341 g/mol. The highest BCUT2D eigenvalue weighted by Crippen LogP contribution is 2.29. The van der Waals surface area contributed by atoms with E-state index in [0.29, 0.717) is 22.1 Å². The second kappa shape index (κ2) is 6.49. The summed E-state index contributed by atoms with van der Waals surface area (Å²) >= 11 is 5.23. The molecule has 2 aromatic rings. The molecule has 124 valence electrons. The number of hydrogen-bond acceptors (Lipinski definition) is 3. The van der Waals surface area contributed by atoms with Gasteiger partial charge >= 0.3 is 0 Å². The smallest absolute Gasteiger partial charge is 0.255 e. The summed E-state index contributed by atoms with van der Waals surface area (Å²) in [6.07, 6.45) is 0. The van der Waals surface area contributed by atoms with Crippen LogP contribution < -0.4 is 16.0 Å². The predicted octanol–water partition coefficient (Wildman–Crippen LogP) is 3.33. The molecule has 6 heteroatoms. The maximum Gasteiger partial charge on any atom is 0.255 e. The molecule has 0 spiro atoms. The Bertz CT molecular complexity index is 838. The molecule has 1 aliphatic rings. The van der Waals surface area contributed by atoms with Crippen LogP contribution in [0.1, 0.15) is 30.0 Å². The van der Waals surface area contributed by atoms with Crippen molar-refractivity contribution in [3.05, 3.63) is 64.8 Å². The summed E-state index contributed by atoms with van der Waals surface area (Å²) in [5, 5.41) is 9.57. The summed E-state index contributed by atoms with van der Waals surface area (Å²) in [4.78, 5) is 12.9.